The van der Waals surface area contributed by atoms with Crippen LogP contribution in [0.2, 0.25) is 5.02 Å². The highest BCUT2D eigenvalue weighted by Crippen LogP contribution is 2.38. The molecule has 0 unspecified atom stereocenters. The number of hydrogen-bond donors (Lipinski definition) is 3. The summed E-state index contributed by atoms with van der Waals surface area (Å²) in [6.45, 7) is 6.16. The van der Waals surface area contributed by atoms with Gasteiger partial charge in [-0.1, -0.05) is 29.8 Å². The highest BCUT2D eigenvalue weighted by Gasteiger charge is 2.36. The van der Waals surface area contributed by atoms with Gasteiger partial charge < -0.3 is 20.7 Å². The lowest BCUT2D eigenvalue weighted by molar-refractivity contribution is -0.122. The van der Waals surface area contributed by atoms with Crippen molar-refractivity contribution in [2.75, 3.05) is 39.4 Å². The van der Waals surface area contributed by atoms with E-state index in [9.17, 15) is 4.79 Å². The normalized spacial score (nSPS) is 19.1. The van der Waals surface area contributed by atoms with E-state index in [1.165, 1.54) is 0 Å². The summed E-state index contributed by atoms with van der Waals surface area (Å²) in [6, 6.07) is 8.05. The molecular weight excluding hydrogens is 376 g/mol. The molecule has 1 saturated heterocycles. The van der Waals surface area contributed by atoms with Crippen molar-refractivity contribution in [3.05, 3.63) is 34.9 Å². The van der Waals surface area contributed by atoms with Crippen LogP contribution in [0.3, 0.4) is 0 Å². The zero-order chi connectivity index (χ0) is 19.8. The second-order valence-corrected chi connectivity index (χ2v) is 7.97. The third-order valence-corrected chi connectivity index (χ3v) is 5.77. The Labute approximate surface area is 172 Å². The molecule has 6 nitrogen and oxygen atoms in total. The summed E-state index contributed by atoms with van der Waals surface area (Å²) in [7, 11) is 0. The van der Waals surface area contributed by atoms with E-state index in [4.69, 9.17) is 21.3 Å². The maximum Gasteiger partial charge on any atom is 0.223 e. The molecule has 154 valence electrons. The summed E-state index contributed by atoms with van der Waals surface area (Å²) in [4.78, 5) is 16.6. The third-order valence-electron chi connectivity index (χ3n) is 5.44. The van der Waals surface area contributed by atoms with Gasteiger partial charge in [0.05, 0.1) is 6.54 Å². The number of carbonyl (C=O) groups excluding carboxylic acids is 1. The van der Waals surface area contributed by atoms with Gasteiger partial charge in [-0.3, -0.25) is 9.79 Å². The van der Waals surface area contributed by atoms with Crippen molar-refractivity contribution in [2.45, 2.75) is 38.0 Å². The molecule has 1 aromatic rings. The lowest BCUT2D eigenvalue weighted by atomic mass is 9.74. The lowest BCUT2D eigenvalue weighted by Gasteiger charge is -2.37. The maximum absolute atomic E-state index is 11.7. The number of amides is 1. The molecule has 3 N–H and O–H groups in total. The summed E-state index contributed by atoms with van der Waals surface area (Å²) >= 11 is 6.53. The molecule has 1 amide bonds. The van der Waals surface area contributed by atoms with Gasteiger partial charge in [-0.2, -0.15) is 0 Å². The van der Waals surface area contributed by atoms with Crippen molar-refractivity contribution >= 4 is 23.5 Å². The van der Waals surface area contributed by atoms with Crippen LogP contribution in [0.15, 0.2) is 29.3 Å². The first kappa shape index (κ1) is 20.9. The van der Waals surface area contributed by atoms with Gasteiger partial charge in [0.1, 0.15) is 0 Å². The fourth-order valence-electron chi connectivity index (χ4n) is 3.59. The van der Waals surface area contributed by atoms with Gasteiger partial charge in [-0.05, 0) is 44.2 Å². The van der Waals surface area contributed by atoms with Gasteiger partial charge in [0, 0.05) is 49.2 Å². The zero-order valence-electron chi connectivity index (χ0n) is 16.6. The molecule has 2 aliphatic rings. The van der Waals surface area contributed by atoms with Crippen molar-refractivity contribution in [1.29, 1.82) is 0 Å². The van der Waals surface area contributed by atoms with E-state index < -0.39 is 0 Å². The van der Waals surface area contributed by atoms with Crippen LogP contribution in [-0.2, 0) is 14.9 Å². The molecule has 0 bridgehead atoms. The van der Waals surface area contributed by atoms with E-state index in [0.717, 1.165) is 62.0 Å². The average molecular weight is 407 g/mol. The van der Waals surface area contributed by atoms with Crippen LogP contribution in [0, 0.1) is 5.92 Å². The van der Waals surface area contributed by atoms with E-state index in [2.05, 4.69) is 22.0 Å². The Balaban J connectivity index is 1.62. The summed E-state index contributed by atoms with van der Waals surface area (Å²) in [5.74, 6) is 1.18. The molecule has 1 aromatic carbocycles. The molecular formula is C21H31ClN4O2. The predicted molar refractivity (Wildman–Crippen MR) is 113 cm³/mol. The standard InChI is InChI=1S/C21H31ClN4O2/c1-2-23-20(25-12-11-24-19(27)16-7-8-16)26-15-21(9-13-28-14-10-21)17-5-3-4-6-18(17)22/h3-6,16H,2,7-15H2,1H3,(H,24,27)(H2,23,25,26). The van der Waals surface area contributed by atoms with E-state index in [1.54, 1.807) is 0 Å². The van der Waals surface area contributed by atoms with Crippen molar-refractivity contribution in [3.63, 3.8) is 0 Å². The van der Waals surface area contributed by atoms with Crippen molar-refractivity contribution in [3.8, 4) is 0 Å². The Morgan fingerprint density at radius 1 is 1.18 bits per heavy atom. The predicted octanol–water partition coefficient (Wildman–Crippen LogP) is 2.47. The number of rotatable bonds is 8. The largest absolute Gasteiger partial charge is 0.381 e. The average Bonchev–Trinajstić information content (AvgIpc) is 3.55. The van der Waals surface area contributed by atoms with Gasteiger partial charge >= 0.3 is 0 Å². The number of halogens is 1. The number of nitrogens with zero attached hydrogens (tertiary/aromatic N) is 1. The minimum Gasteiger partial charge on any atom is -0.381 e. The van der Waals surface area contributed by atoms with Crippen LogP contribution in [0.5, 0.6) is 0 Å². The van der Waals surface area contributed by atoms with Crippen LogP contribution >= 0.6 is 11.6 Å². The summed E-state index contributed by atoms with van der Waals surface area (Å²) < 4.78 is 5.60. The number of aliphatic imine (C=N–C) groups is 1. The van der Waals surface area contributed by atoms with Gasteiger partial charge in [0.2, 0.25) is 5.91 Å². The number of guanidine groups is 1. The number of benzene rings is 1. The molecule has 1 aliphatic carbocycles. The minimum atomic E-state index is -0.112. The van der Waals surface area contributed by atoms with Gasteiger partial charge in [0.15, 0.2) is 5.96 Å². The minimum absolute atomic E-state index is 0.112. The van der Waals surface area contributed by atoms with Crippen LogP contribution in [0.1, 0.15) is 38.2 Å². The molecule has 2 fully saturated rings. The molecule has 0 atom stereocenters. The second-order valence-electron chi connectivity index (χ2n) is 7.56. The molecule has 3 rings (SSSR count). The Morgan fingerprint density at radius 2 is 1.89 bits per heavy atom. The first-order valence-electron chi connectivity index (χ1n) is 10.3. The maximum atomic E-state index is 11.7. The molecule has 1 aliphatic heterocycles. The highest BCUT2D eigenvalue weighted by molar-refractivity contribution is 6.31. The van der Waals surface area contributed by atoms with Crippen molar-refractivity contribution < 1.29 is 9.53 Å². The van der Waals surface area contributed by atoms with E-state index in [1.807, 2.05) is 25.1 Å². The van der Waals surface area contributed by atoms with E-state index in [0.29, 0.717) is 19.6 Å². The van der Waals surface area contributed by atoms with Gasteiger partial charge in [0.25, 0.3) is 0 Å². The summed E-state index contributed by atoms with van der Waals surface area (Å²) in [5.41, 5.74) is 1.04. The molecule has 1 heterocycles. The Kier molecular flexibility index (Phi) is 7.57. The van der Waals surface area contributed by atoms with E-state index in [-0.39, 0.29) is 17.2 Å². The topological polar surface area (TPSA) is 74.8 Å². The van der Waals surface area contributed by atoms with Crippen LogP contribution in [0.4, 0.5) is 0 Å². The quantitative estimate of drug-likeness (QED) is 0.352. The second kappa shape index (κ2) is 10.1. The van der Waals surface area contributed by atoms with Crippen molar-refractivity contribution in [1.82, 2.24) is 16.0 Å². The summed E-state index contributed by atoms with van der Waals surface area (Å²) in [6.07, 6.45) is 3.85. The zero-order valence-corrected chi connectivity index (χ0v) is 17.4. The number of carbonyl (C=O) groups is 1. The van der Waals surface area contributed by atoms with Crippen LogP contribution in [0.25, 0.3) is 0 Å². The number of ether oxygens (including phenoxy) is 1. The fourth-order valence-corrected chi connectivity index (χ4v) is 3.93. The van der Waals surface area contributed by atoms with Gasteiger partial charge in [-0.25, -0.2) is 0 Å². The smallest absolute Gasteiger partial charge is 0.223 e. The number of nitrogens with one attached hydrogen (secondary N) is 3. The fraction of sp³-hybridized carbons (Fsp3) is 0.619. The first-order chi connectivity index (χ1) is 13.6. The number of hydrogen-bond acceptors (Lipinski definition) is 3. The molecule has 1 saturated carbocycles. The first-order valence-corrected chi connectivity index (χ1v) is 10.6. The Hall–Kier alpha value is -1.79. The molecule has 28 heavy (non-hydrogen) atoms. The Morgan fingerprint density at radius 3 is 2.57 bits per heavy atom. The molecule has 0 radical (unpaired) electrons. The molecule has 0 aromatic heterocycles. The monoisotopic (exact) mass is 406 g/mol. The third kappa shape index (κ3) is 5.61. The van der Waals surface area contributed by atoms with Crippen LogP contribution in [-0.4, -0.2) is 51.3 Å². The van der Waals surface area contributed by atoms with Crippen molar-refractivity contribution in [2.24, 2.45) is 10.9 Å². The molecule has 7 heteroatoms. The van der Waals surface area contributed by atoms with Crippen LogP contribution < -0.4 is 16.0 Å². The highest BCUT2D eigenvalue weighted by atomic mass is 35.5. The van der Waals surface area contributed by atoms with Gasteiger partial charge in [-0.15, -0.1) is 0 Å². The molecule has 0 spiro atoms. The Bertz CT molecular complexity index is 685. The van der Waals surface area contributed by atoms with E-state index >= 15 is 0 Å². The lowest BCUT2D eigenvalue weighted by Crippen LogP contribution is -2.43. The SMILES string of the molecule is CCNC(=NCC1(c2ccccc2Cl)CCOCC1)NCCNC(=O)C1CC1. The summed E-state index contributed by atoms with van der Waals surface area (Å²) in [5, 5.41) is 10.4.